The number of unbranched alkanes of at least 4 members (excludes halogenated alkanes) is 3. The molecule has 0 heterocycles. The van der Waals surface area contributed by atoms with Crippen LogP contribution in [0.5, 0.6) is 0 Å². The van der Waals surface area contributed by atoms with E-state index in [-0.39, 0.29) is 0 Å². The number of rotatable bonds is 9. The van der Waals surface area contributed by atoms with Crippen molar-refractivity contribution in [2.24, 2.45) is 0 Å². The van der Waals surface area contributed by atoms with E-state index in [9.17, 15) is 0 Å². The van der Waals surface area contributed by atoms with Crippen molar-refractivity contribution in [3.8, 4) is 0 Å². The molecule has 0 fully saturated rings. The second kappa shape index (κ2) is 12.4. The highest BCUT2D eigenvalue weighted by molar-refractivity contribution is 5.65. The molecule has 0 spiro atoms. The summed E-state index contributed by atoms with van der Waals surface area (Å²) in [4.78, 5) is 0. The third-order valence-corrected chi connectivity index (χ3v) is 4.66. The molecule has 1 heteroatoms. The second-order valence-electron chi connectivity index (χ2n) is 7.89. The molecule has 1 aromatic rings. The van der Waals surface area contributed by atoms with Crippen LogP contribution in [0.15, 0.2) is 59.2 Å². The van der Waals surface area contributed by atoms with Gasteiger partial charge in [-0.05, 0) is 70.4 Å². The fourth-order valence-electron chi connectivity index (χ4n) is 2.96. The average molecular weight is 366 g/mol. The SMILES string of the molecule is CCCCCCN/C(C=C(C)C)=c1/cccc/c1=C(C)\C(C)=C\C=C(C)C. The molecular weight excluding hydrogens is 326 g/mol. The van der Waals surface area contributed by atoms with Gasteiger partial charge in [-0.25, -0.2) is 0 Å². The van der Waals surface area contributed by atoms with Gasteiger partial charge < -0.3 is 5.32 Å². The van der Waals surface area contributed by atoms with Crippen molar-refractivity contribution in [1.29, 1.82) is 0 Å². The van der Waals surface area contributed by atoms with Crippen molar-refractivity contribution in [3.05, 3.63) is 69.7 Å². The monoisotopic (exact) mass is 365 g/mol. The van der Waals surface area contributed by atoms with Crippen LogP contribution in [0.25, 0.3) is 11.3 Å². The van der Waals surface area contributed by atoms with E-state index in [2.05, 4.69) is 96.3 Å². The van der Waals surface area contributed by atoms with Crippen LogP contribution in [-0.2, 0) is 0 Å². The summed E-state index contributed by atoms with van der Waals surface area (Å²) in [5.74, 6) is 0. The van der Waals surface area contributed by atoms with E-state index in [1.165, 1.54) is 64.1 Å². The molecular formula is C26H39N. The van der Waals surface area contributed by atoms with Crippen LogP contribution >= 0.6 is 0 Å². The van der Waals surface area contributed by atoms with Gasteiger partial charge in [0.2, 0.25) is 0 Å². The van der Waals surface area contributed by atoms with E-state index in [1.807, 2.05) is 0 Å². The van der Waals surface area contributed by atoms with Gasteiger partial charge >= 0.3 is 0 Å². The molecule has 0 unspecified atom stereocenters. The molecule has 0 saturated heterocycles. The third kappa shape index (κ3) is 8.47. The van der Waals surface area contributed by atoms with Crippen LogP contribution in [0.1, 0.15) is 74.1 Å². The van der Waals surface area contributed by atoms with Gasteiger partial charge in [0, 0.05) is 17.5 Å². The largest absolute Gasteiger partial charge is 0.385 e. The predicted octanol–water partition coefficient (Wildman–Crippen LogP) is 6.01. The van der Waals surface area contributed by atoms with Gasteiger partial charge in [-0.15, -0.1) is 0 Å². The van der Waals surface area contributed by atoms with Gasteiger partial charge in [0.05, 0.1) is 0 Å². The fraction of sp³-hybridized carbons (Fsp3) is 0.462. The van der Waals surface area contributed by atoms with E-state index < -0.39 is 0 Å². The van der Waals surface area contributed by atoms with E-state index in [0.29, 0.717) is 0 Å². The summed E-state index contributed by atoms with van der Waals surface area (Å²) in [6.45, 7) is 16.3. The summed E-state index contributed by atoms with van der Waals surface area (Å²) in [6, 6.07) is 8.75. The van der Waals surface area contributed by atoms with Crippen LogP contribution in [0, 0.1) is 0 Å². The molecule has 0 saturated carbocycles. The number of hydrogen-bond acceptors (Lipinski definition) is 1. The molecule has 0 radical (unpaired) electrons. The smallest absolute Gasteiger partial charge is 0.0419 e. The first-order valence-corrected chi connectivity index (χ1v) is 10.4. The van der Waals surface area contributed by atoms with Gasteiger partial charge in [0.1, 0.15) is 0 Å². The lowest BCUT2D eigenvalue weighted by Gasteiger charge is -2.10. The molecule has 148 valence electrons. The molecule has 0 aromatic heterocycles. The Hall–Kier alpha value is -2.02. The van der Waals surface area contributed by atoms with E-state index in [1.54, 1.807) is 0 Å². The zero-order valence-corrected chi connectivity index (χ0v) is 18.6. The number of benzene rings is 1. The molecule has 27 heavy (non-hydrogen) atoms. The zero-order chi connectivity index (χ0) is 20.2. The van der Waals surface area contributed by atoms with Gasteiger partial charge in [0.15, 0.2) is 0 Å². The topological polar surface area (TPSA) is 12.0 Å². The van der Waals surface area contributed by atoms with Gasteiger partial charge in [-0.3, -0.25) is 0 Å². The summed E-state index contributed by atoms with van der Waals surface area (Å²) in [7, 11) is 0. The van der Waals surface area contributed by atoms with Crippen molar-refractivity contribution < 1.29 is 0 Å². The van der Waals surface area contributed by atoms with Crippen molar-refractivity contribution in [3.63, 3.8) is 0 Å². The lowest BCUT2D eigenvalue weighted by atomic mass is 10.0. The zero-order valence-electron chi connectivity index (χ0n) is 18.6. The molecule has 1 rings (SSSR count). The fourth-order valence-corrected chi connectivity index (χ4v) is 2.96. The minimum atomic E-state index is 1.03. The number of hydrogen-bond donors (Lipinski definition) is 1. The Morgan fingerprint density at radius 1 is 0.815 bits per heavy atom. The van der Waals surface area contributed by atoms with Crippen LogP contribution in [-0.4, -0.2) is 6.54 Å². The Bertz CT molecular complexity index is 795. The summed E-state index contributed by atoms with van der Waals surface area (Å²) < 4.78 is 0. The molecule has 0 aliphatic heterocycles. The van der Waals surface area contributed by atoms with Crippen LogP contribution in [0.4, 0.5) is 0 Å². The maximum Gasteiger partial charge on any atom is 0.0419 e. The number of allylic oxidation sites excluding steroid dienone is 5. The Kier molecular flexibility index (Phi) is 10.6. The summed E-state index contributed by atoms with van der Waals surface area (Å²) >= 11 is 0. The standard InChI is InChI=1S/C26H39N/c1-8-9-10-13-18-27-26(19-21(4)5)25-15-12-11-14-24(25)23(7)22(6)17-16-20(2)3/h11-12,14-17,19,27H,8-10,13,18H2,1-7H3/b22-17+,24-23+,26-25-. The van der Waals surface area contributed by atoms with Crippen molar-refractivity contribution in [1.82, 2.24) is 5.32 Å². The van der Waals surface area contributed by atoms with E-state index in [0.717, 1.165) is 6.54 Å². The molecule has 1 nitrogen and oxygen atoms in total. The van der Waals surface area contributed by atoms with Crippen LogP contribution in [0.2, 0.25) is 0 Å². The van der Waals surface area contributed by atoms with E-state index in [4.69, 9.17) is 0 Å². The van der Waals surface area contributed by atoms with Gasteiger partial charge in [0.25, 0.3) is 0 Å². The first-order valence-electron chi connectivity index (χ1n) is 10.4. The van der Waals surface area contributed by atoms with Crippen molar-refractivity contribution >= 4 is 11.3 Å². The van der Waals surface area contributed by atoms with E-state index >= 15 is 0 Å². The molecule has 0 amide bonds. The average Bonchev–Trinajstić information content (AvgIpc) is 2.64. The highest BCUT2D eigenvalue weighted by atomic mass is 14.9. The third-order valence-electron chi connectivity index (χ3n) is 4.66. The Morgan fingerprint density at radius 3 is 2.07 bits per heavy atom. The maximum absolute atomic E-state index is 3.71. The molecule has 0 aliphatic rings. The Morgan fingerprint density at radius 2 is 1.48 bits per heavy atom. The quantitative estimate of drug-likeness (QED) is 0.417. The van der Waals surface area contributed by atoms with Crippen molar-refractivity contribution in [2.75, 3.05) is 6.54 Å². The summed E-state index contributed by atoms with van der Waals surface area (Å²) in [5, 5.41) is 6.30. The Balaban J connectivity index is 3.45. The lowest BCUT2D eigenvalue weighted by Crippen LogP contribution is -2.33. The first-order chi connectivity index (χ1) is 12.9. The minimum absolute atomic E-state index is 1.03. The molecule has 1 N–H and O–H groups in total. The molecule has 1 aromatic carbocycles. The van der Waals surface area contributed by atoms with Crippen LogP contribution in [0.3, 0.4) is 0 Å². The van der Waals surface area contributed by atoms with Gasteiger partial charge in [-0.2, -0.15) is 0 Å². The van der Waals surface area contributed by atoms with Crippen molar-refractivity contribution in [2.45, 2.75) is 74.1 Å². The molecule has 0 atom stereocenters. The predicted molar refractivity (Wildman–Crippen MR) is 123 cm³/mol. The number of nitrogens with one attached hydrogen (secondary N) is 1. The summed E-state index contributed by atoms with van der Waals surface area (Å²) in [6.07, 6.45) is 11.8. The first kappa shape index (κ1) is 23.0. The molecule has 0 aliphatic carbocycles. The maximum atomic E-state index is 3.71. The van der Waals surface area contributed by atoms with Crippen LogP contribution < -0.4 is 15.8 Å². The highest BCUT2D eigenvalue weighted by Crippen LogP contribution is 2.08. The second-order valence-corrected chi connectivity index (χ2v) is 7.89. The van der Waals surface area contributed by atoms with Gasteiger partial charge in [-0.1, -0.05) is 73.7 Å². The Labute approximate surface area is 167 Å². The lowest BCUT2D eigenvalue weighted by molar-refractivity contribution is 0.650. The highest BCUT2D eigenvalue weighted by Gasteiger charge is 2.01. The normalized spacial score (nSPS) is 13.7. The summed E-state index contributed by atoms with van der Waals surface area (Å²) in [5.41, 5.74) is 6.51. The minimum Gasteiger partial charge on any atom is -0.385 e. The molecule has 0 bridgehead atoms.